The van der Waals surface area contributed by atoms with Crippen molar-refractivity contribution in [2.45, 2.75) is 46.5 Å². The second-order valence-electron chi connectivity index (χ2n) is 7.83. The van der Waals surface area contributed by atoms with Gasteiger partial charge in [-0.05, 0) is 68.3 Å². The van der Waals surface area contributed by atoms with Crippen molar-refractivity contribution in [2.75, 3.05) is 7.11 Å². The number of hydrazone groups is 1. The van der Waals surface area contributed by atoms with E-state index < -0.39 is 5.91 Å². The zero-order valence-electron chi connectivity index (χ0n) is 18.8. The van der Waals surface area contributed by atoms with Crippen LogP contribution in [0, 0.1) is 19.3 Å². The lowest BCUT2D eigenvalue weighted by atomic mass is 10.1. The van der Waals surface area contributed by atoms with Gasteiger partial charge in [0.15, 0.2) is 5.84 Å². The molecule has 0 saturated heterocycles. The number of aryl methyl sites for hydroxylation is 1. The Bertz CT molecular complexity index is 1180. The molecule has 0 atom stereocenters. The number of hydrogen-bond donors (Lipinski definition) is 1. The second kappa shape index (κ2) is 9.16. The number of methoxy groups -OCH3 is 1. The zero-order chi connectivity index (χ0) is 22.8. The molecule has 4 rings (SSSR count). The van der Waals surface area contributed by atoms with Crippen LogP contribution < -0.4 is 4.74 Å². The summed E-state index contributed by atoms with van der Waals surface area (Å²) in [6, 6.07) is 9.85. The minimum absolute atomic E-state index is 0.0733. The van der Waals surface area contributed by atoms with Gasteiger partial charge in [-0.25, -0.2) is 0 Å². The quantitative estimate of drug-likeness (QED) is 0.459. The van der Waals surface area contributed by atoms with Gasteiger partial charge in [0.25, 0.3) is 5.91 Å². The fraction of sp³-hybridized carbons (Fsp3) is 0.333. The predicted molar refractivity (Wildman–Crippen MR) is 131 cm³/mol. The summed E-state index contributed by atoms with van der Waals surface area (Å²) in [5.41, 5.74) is 4.09. The summed E-state index contributed by atoms with van der Waals surface area (Å²) in [7, 11) is 1.65. The first-order valence-electron chi connectivity index (χ1n) is 10.8. The molecule has 32 heavy (non-hydrogen) atoms. The summed E-state index contributed by atoms with van der Waals surface area (Å²) in [5.74, 6) is 0.453. The molecular weight excluding hydrogens is 422 g/mol. The highest BCUT2D eigenvalue weighted by atomic mass is 32.2. The summed E-state index contributed by atoms with van der Waals surface area (Å²) in [5, 5.41) is 16.0. The summed E-state index contributed by atoms with van der Waals surface area (Å²) in [6.45, 7) is 6.18. The molecule has 0 aliphatic carbocycles. The number of benzene rings is 1. The van der Waals surface area contributed by atoms with Crippen molar-refractivity contribution in [1.29, 1.82) is 5.41 Å². The zero-order valence-corrected chi connectivity index (χ0v) is 19.6. The van der Waals surface area contributed by atoms with Crippen LogP contribution in [0.25, 0.3) is 11.8 Å². The Kier molecular flexibility index (Phi) is 6.32. The third-order valence-corrected chi connectivity index (χ3v) is 6.54. The van der Waals surface area contributed by atoms with Crippen LogP contribution in [-0.2, 0) is 4.79 Å². The minimum atomic E-state index is -0.398. The number of amides is 1. The van der Waals surface area contributed by atoms with Gasteiger partial charge in [-0.15, -0.1) is 0 Å². The molecular formula is C24H27N5O2S. The van der Waals surface area contributed by atoms with Crippen molar-refractivity contribution in [2.24, 2.45) is 10.1 Å². The van der Waals surface area contributed by atoms with Crippen molar-refractivity contribution in [1.82, 2.24) is 9.58 Å². The van der Waals surface area contributed by atoms with Gasteiger partial charge in [0.05, 0.1) is 12.7 Å². The molecule has 7 nitrogen and oxygen atoms in total. The Morgan fingerprint density at radius 2 is 2.03 bits per heavy atom. The van der Waals surface area contributed by atoms with Gasteiger partial charge < -0.3 is 9.30 Å². The largest absolute Gasteiger partial charge is 0.497 e. The van der Waals surface area contributed by atoms with E-state index in [1.807, 2.05) is 44.2 Å². The van der Waals surface area contributed by atoms with Gasteiger partial charge in [0.2, 0.25) is 5.17 Å². The van der Waals surface area contributed by atoms with E-state index in [9.17, 15) is 4.79 Å². The van der Waals surface area contributed by atoms with Crippen molar-refractivity contribution >= 4 is 39.8 Å². The van der Waals surface area contributed by atoms with Crippen molar-refractivity contribution < 1.29 is 9.53 Å². The lowest BCUT2D eigenvalue weighted by Crippen LogP contribution is -2.35. The molecule has 8 heteroatoms. The molecule has 0 radical (unpaired) electrons. The van der Waals surface area contributed by atoms with E-state index in [4.69, 9.17) is 10.1 Å². The van der Waals surface area contributed by atoms with E-state index in [0.29, 0.717) is 5.17 Å². The maximum absolute atomic E-state index is 12.8. The van der Waals surface area contributed by atoms with E-state index in [-0.39, 0.29) is 11.4 Å². The molecule has 1 aromatic heterocycles. The number of aliphatic imine (C=N–C) groups is 1. The number of fused-ring (bicyclic) bond motifs is 1. The van der Waals surface area contributed by atoms with Crippen LogP contribution in [0.2, 0.25) is 0 Å². The molecule has 1 aromatic carbocycles. The SMILES string of the molecule is CCCCCC1=NN2C(=N)C(=Cc3cc(C)n(-c4cccc(OC)c4)c3C)C(=O)N=C2S1. The van der Waals surface area contributed by atoms with Crippen LogP contribution in [0.5, 0.6) is 5.75 Å². The van der Waals surface area contributed by atoms with Crippen molar-refractivity contribution in [3.63, 3.8) is 0 Å². The molecule has 1 N–H and O–H groups in total. The molecule has 0 fully saturated rings. The van der Waals surface area contributed by atoms with Gasteiger partial charge in [-0.1, -0.05) is 25.8 Å². The number of carbonyl (C=O) groups excluding carboxylic acids is 1. The van der Waals surface area contributed by atoms with E-state index >= 15 is 0 Å². The van der Waals surface area contributed by atoms with Crippen LogP contribution in [0.1, 0.15) is 49.6 Å². The molecule has 0 bridgehead atoms. The fourth-order valence-electron chi connectivity index (χ4n) is 3.90. The third kappa shape index (κ3) is 4.14. The average molecular weight is 450 g/mol. The van der Waals surface area contributed by atoms with Crippen LogP contribution in [0.4, 0.5) is 0 Å². The average Bonchev–Trinajstić information content (AvgIpc) is 3.31. The van der Waals surface area contributed by atoms with Crippen LogP contribution in [0.15, 0.2) is 46.0 Å². The van der Waals surface area contributed by atoms with E-state index in [2.05, 4.69) is 21.6 Å². The Labute approximate surface area is 192 Å². The van der Waals surface area contributed by atoms with Gasteiger partial charge in [-0.2, -0.15) is 15.1 Å². The predicted octanol–water partition coefficient (Wildman–Crippen LogP) is 5.30. The molecule has 2 aromatic rings. The number of rotatable bonds is 7. The Morgan fingerprint density at radius 3 is 2.78 bits per heavy atom. The van der Waals surface area contributed by atoms with E-state index in [0.717, 1.165) is 59.1 Å². The monoisotopic (exact) mass is 449 g/mol. The van der Waals surface area contributed by atoms with E-state index in [1.165, 1.54) is 16.8 Å². The highest BCUT2D eigenvalue weighted by Crippen LogP contribution is 2.31. The lowest BCUT2D eigenvalue weighted by molar-refractivity contribution is -0.114. The van der Waals surface area contributed by atoms with Gasteiger partial charge in [-0.3, -0.25) is 10.2 Å². The molecule has 1 amide bonds. The first-order chi connectivity index (χ1) is 15.4. The summed E-state index contributed by atoms with van der Waals surface area (Å²) in [4.78, 5) is 17.0. The molecule has 0 spiro atoms. The fourth-order valence-corrected chi connectivity index (χ4v) is 4.82. The molecule has 2 aliphatic rings. The van der Waals surface area contributed by atoms with Crippen molar-refractivity contribution in [3.8, 4) is 11.4 Å². The van der Waals surface area contributed by atoms with Crippen LogP contribution in [-0.4, -0.2) is 38.6 Å². The molecule has 2 aliphatic heterocycles. The Morgan fingerprint density at radius 1 is 1.22 bits per heavy atom. The topological polar surface area (TPSA) is 83.0 Å². The minimum Gasteiger partial charge on any atom is -0.497 e. The standard InChI is InChI=1S/C24H27N5O2S/c1-5-6-7-11-21-27-29-22(25)20(23(30)26-24(29)32-21)13-17-12-15(2)28(16(17)3)18-9-8-10-19(14-18)31-4/h8-10,12-14,25H,5-7,11H2,1-4H3. The van der Waals surface area contributed by atoms with Gasteiger partial charge in [0, 0.05) is 23.1 Å². The highest BCUT2D eigenvalue weighted by Gasteiger charge is 2.35. The number of carbonyl (C=O) groups is 1. The number of nitrogens with one attached hydrogen (secondary N) is 1. The Balaban J connectivity index is 1.65. The highest BCUT2D eigenvalue weighted by molar-refractivity contribution is 8.26. The summed E-state index contributed by atoms with van der Waals surface area (Å²) in [6.07, 6.45) is 5.91. The number of thioether (sulfide) groups is 1. The number of nitrogens with zero attached hydrogens (tertiary/aromatic N) is 4. The summed E-state index contributed by atoms with van der Waals surface area (Å²) < 4.78 is 7.47. The normalized spacial score (nSPS) is 17.0. The maximum atomic E-state index is 12.8. The second-order valence-corrected chi connectivity index (χ2v) is 8.87. The molecule has 0 saturated carbocycles. The van der Waals surface area contributed by atoms with Crippen LogP contribution >= 0.6 is 11.8 Å². The lowest BCUT2D eigenvalue weighted by Gasteiger charge is -2.20. The van der Waals surface area contributed by atoms with E-state index in [1.54, 1.807) is 13.2 Å². The number of unbranched alkanes of at least 4 members (excludes halogenated alkanes) is 2. The first-order valence-corrected chi connectivity index (χ1v) is 11.6. The molecule has 0 unspecified atom stereocenters. The van der Waals surface area contributed by atoms with Gasteiger partial charge in [0.1, 0.15) is 10.8 Å². The Hall–Kier alpha value is -3.13. The third-order valence-electron chi connectivity index (χ3n) is 5.57. The summed E-state index contributed by atoms with van der Waals surface area (Å²) >= 11 is 1.39. The number of amidine groups is 2. The first kappa shape index (κ1) is 22.1. The number of hydrogen-bond acceptors (Lipinski definition) is 5. The van der Waals surface area contributed by atoms with Gasteiger partial charge >= 0.3 is 0 Å². The number of aromatic nitrogens is 1. The molecule has 3 heterocycles. The maximum Gasteiger partial charge on any atom is 0.283 e. The van der Waals surface area contributed by atoms with Crippen LogP contribution in [0.3, 0.4) is 0 Å². The number of ether oxygens (including phenoxy) is 1. The molecule has 166 valence electrons. The smallest absolute Gasteiger partial charge is 0.283 e. The van der Waals surface area contributed by atoms with Crippen molar-refractivity contribution in [3.05, 3.63) is 52.9 Å².